The van der Waals surface area contributed by atoms with Gasteiger partial charge in [0, 0.05) is 31.9 Å². The van der Waals surface area contributed by atoms with Crippen molar-refractivity contribution < 1.29 is 4.79 Å². The molecule has 2 amide bonds. The molecule has 2 rings (SSSR count). The quantitative estimate of drug-likeness (QED) is 0.889. The third-order valence-corrected chi connectivity index (χ3v) is 3.22. The van der Waals surface area contributed by atoms with Gasteiger partial charge in [-0.15, -0.1) is 0 Å². The summed E-state index contributed by atoms with van der Waals surface area (Å²) in [6.07, 6.45) is 1.18. The second kappa shape index (κ2) is 6.40. The van der Waals surface area contributed by atoms with E-state index >= 15 is 0 Å². The lowest BCUT2D eigenvalue weighted by Crippen LogP contribution is -2.50. The van der Waals surface area contributed by atoms with Gasteiger partial charge >= 0.3 is 6.03 Å². The molecule has 1 fully saturated rings. The van der Waals surface area contributed by atoms with E-state index in [2.05, 4.69) is 17.1 Å². The molecule has 1 saturated heterocycles. The van der Waals surface area contributed by atoms with Gasteiger partial charge in [0.1, 0.15) is 0 Å². The van der Waals surface area contributed by atoms with Gasteiger partial charge in [0.05, 0.1) is 0 Å². The third-order valence-electron chi connectivity index (χ3n) is 3.22. The lowest BCUT2D eigenvalue weighted by Gasteiger charge is -2.34. The summed E-state index contributed by atoms with van der Waals surface area (Å²) in [5.41, 5.74) is 0.860. The summed E-state index contributed by atoms with van der Waals surface area (Å²) in [5, 5.41) is 2.93. The summed E-state index contributed by atoms with van der Waals surface area (Å²) in [5.74, 6) is 0. The van der Waals surface area contributed by atoms with Crippen molar-refractivity contribution in [3.8, 4) is 0 Å². The zero-order valence-corrected chi connectivity index (χ0v) is 10.9. The number of urea groups is 1. The number of carbonyl (C=O) groups is 1. The Morgan fingerprint density at radius 1 is 1.17 bits per heavy atom. The monoisotopic (exact) mass is 247 g/mol. The van der Waals surface area contributed by atoms with Gasteiger partial charge < -0.3 is 10.2 Å². The van der Waals surface area contributed by atoms with E-state index in [1.807, 2.05) is 35.2 Å². The summed E-state index contributed by atoms with van der Waals surface area (Å²) in [7, 11) is 0. The first kappa shape index (κ1) is 12.9. The summed E-state index contributed by atoms with van der Waals surface area (Å²) in [6.45, 7) is 6.92. The normalized spacial score (nSPS) is 16.6. The smallest absolute Gasteiger partial charge is 0.321 e. The number of nitrogens with one attached hydrogen (secondary N) is 1. The van der Waals surface area contributed by atoms with Gasteiger partial charge in [-0.3, -0.25) is 4.90 Å². The van der Waals surface area contributed by atoms with Crippen molar-refractivity contribution in [1.82, 2.24) is 9.80 Å². The van der Waals surface area contributed by atoms with Crippen LogP contribution in [0.25, 0.3) is 0 Å². The first-order chi connectivity index (χ1) is 8.79. The van der Waals surface area contributed by atoms with E-state index in [9.17, 15) is 4.79 Å². The highest BCUT2D eigenvalue weighted by Crippen LogP contribution is 2.08. The van der Waals surface area contributed by atoms with Crippen molar-refractivity contribution in [3.05, 3.63) is 30.3 Å². The molecule has 1 aromatic carbocycles. The number of amides is 2. The van der Waals surface area contributed by atoms with Crippen LogP contribution in [0.2, 0.25) is 0 Å². The molecule has 4 heteroatoms. The largest absolute Gasteiger partial charge is 0.322 e. The van der Waals surface area contributed by atoms with Crippen LogP contribution in [0.4, 0.5) is 10.5 Å². The van der Waals surface area contributed by atoms with Crippen LogP contribution in [0.15, 0.2) is 30.3 Å². The second-order valence-corrected chi connectivity index (χ2v) is 4.62. The van der Waals surface area contributed by atoms with Crippen LogP contribution in [0.1, 0.15) is 13.3 Å². The number of benzene rings is 1. The molecule has 0 bridgehead atoms. The van der Waals surface area contributed by atoms with E-state index < -0.39 is 0 Å². The van der Waals surface area contributed by atoms with Gasteiger partial charge in [-0.05, 0) is 25.1 Å². The Hall–Kier alpha value is -1.55. The van der Waals surface area contributed by atoms with Gasteiger partial charge in [-0.1, -0.05) is 25.1 Å². The zero-order valence-electron chi connectivity index (χ0n) is 10.9. The molecule has 1 aromatic rings. The van der Waals surface area contributed by atoms with Crippen LogP contribution in [0, 0.1) is 0 Å². The SMILES string of the molecule is CCCN1CCN(C(=O)Nc2ccccc2)CC1. The number of nitrogens with zero attached hydrogens (tertiary/aromatic N) is 2. The average Bonchev–Trinajstić information content (AvgIpc) is 2.41. The lowest BCUT2D eigenvalue weighted by atomic mass is 10.3. The molecule has 0 aliphatic carbocycles. The summed E-state index contributed by atoms with van der Waals surface area (Å²) < 4.78 is 0. The molecule has 1 heterocycles. The van der Waals surface area contributed by atoms with Gasteiger partial charge in [0.2, 0.25) is 0 Å². The Bertz CT molecular complexity index is 372. The summed E-state index contributed by atoms with van der Waals surface area (Å²) in [4.78, 5) is 16.3. The lowest BCUT2D eigenvalue weighted by molar-refractivity contribution is 0.147. The minimum atomic E-state index is 0.0114. The van der Waals surface area contributed by atoms with Crippen molar-refractivity contribution in [2.75, 3.05) is 38.0 Å². The van der Waals surface area contributed by atoms with E-state index in [0.29, 0.717) is 0 Å². The number of hydrogen-bond donors (Lipinski definition) is 1. The van der Waals surface area contributed by atoms with E-state index in [0.717, 1.165) is 38.4 Å². The molecule has 1 aliphatic rings. The van der Waals surface area contributed by atoms with Gasteiger partial charge in [0.25, 0.3) is 0 Å². The molecule has 0 aromatic heterocycles. The fourth-order valence-electron chi connectivity index (χ4n) is 2.21. The minimum absolute atomic E-state index is 0.0114. The summed E-state index contributed by atoms with van der Waals surface area (Å²) >= 11 is 0. The van der Waals surface area contributed by atoms with Crippen LogP contribution in [0.5, 0.6) is 0 Å². The molecule has 0 atom stereocenters. The van der Waals surface area contributed by atoms with E-state index in [1.165, 1.54) is 6.42 Å². The molecule has 4 nitrogen and oxygen atoms in total. The second-order valence-electron chi connectivity index (χ2n) is 4.62. The molecular weight excluding hydrogens is 226 g/mol. The number of piperazine rings is 1. The van der Waals surface area contributed by atoms with Crippen molar-refractivity contribution >= 4 is 11.7 Å². The molecule has 98 valence electrons. The van der Waals surface area contributed by atoms with Crippen LogP contribution >= 0.6 is 0 Å². The first-order valence-corrected chi connectivity index (χ1v) is 6.63. The zero-order chi connectivity index (χ0) is 12.8. The fraction of sp³-hybridized carbons (Fsp3) is 0.500. The first-order valence-electron chi connectivity index (χ1n) is 6.63. The molecule has 0 radical (unpaired) electrons. The molecule has 0 spiro atoms. The van der Waals surface area contributed by atoms with Gasteiger partial charge in [-0.2, -0.15) is 0 Å². The van der Waals surface area contributed by atoms with Crippen molar-refractivity contribution in [3.63, 3.8) is 0 Å². The maximum Gasteiger partial charge on any atom is 0.321 e. The van der Waals surface area contributed by atoms with E-state index in [-0.39, 0.29) is 6.03 Å². The topological polar surface area (TPSA) is 35.6 Å². The van der Waals surface area contributed by atoms with Crippen LogP contribution in [-0.4, -0.2) is 48.6 Å². The molecule has 1 N–H and O–H groups in total. The maximum absolute atomic E-state index is 12.0. The Balaban J connectivity index is 1.81. The van der Waals surface area contributed by atoms with Crippen molar-refractivity contribution in [1.29, 1.82) is 0 Å². The predicted octanol–water partition coefficient (Wildman–Crippen LogP) is 2.25. The number of anilines is 1. The Labute approximate surface area is 109 Å². The number of rotatable bonds is 3. The Morgan fingerprint density at radius 3 is 2.44 bits per heavy atom. The highest BCUT2D eigenvalue weighted by molar-refractivity contribution is 5.89. The molecule has 0 unspecified atom stereocenters. The van der Waals surface area contributed by atoms with E-state index in [4.69, 9.17) is 0 Å². The predicted molar refractivity (Wildman–Crippen MR) is 73.8 cm³/mol. The highest BCUT2D eigenvalue weighted by atomic mass is 16.2. The van der Waals surface area contributed by atoms with Gasteiger partial charge in [0.15, 0.2) is 0 Å². The highest BCUT2D eigenvalue weighted by Gasteiger charge is 2.20. The molecule has 1 aliphatic heterocycles. The molecular formula is C14H21N3O. The maximum atomic E-state index is 12.0. The van der Waals surface area contributed by atoms with E-state index in [1.54, 1.807) is 0 Å². The standard InChI is InChI=1S/C14H21N3O/c1-2-8-16-9-11-17(12-10-16)14(18)15-13-6-4-3-5-7-13/h3-7H,2,8-12H2,1H3,(H,15,18). The van der Waals surface area contributed by atoms with Crippen molar-refractivity contribution in [2.45, 2.75) is 13.3 Å². The van der Waals surface area contributed by atoms with Crippen LogP contribution in [0.3, 0.4) is 0 Å². The fourth-order valence-corrected chi connectivity index (χ4v) is 2.21. The summed E-state index contributed by atoms with van der Waals surface area (Å²) in [6, 6.07) is 9.62. The van der Waals surface area contributed by atoms with Crippen molar-refractivity contribution in [2.24, 2.45) is 0 Å². The average molecular weight is 247 g/mol. The molecule has 18 heavy (non-hydrogen) atoms. The molecule has 0 saturated carbocycles. The third kappa shape index (κ3) is 3.47. The number of carbonyl (C=O) groups excluding carboxylic acids is 1. The number of para-hydroxylation sites is 1. The number of hydrogen-bond acceptors (Lipinski definition) is 2. The Kier molecular flexibility index (Phi) is 4.59. The van der Waals surface area contributed by atoms with Crippen LogP contribution < -0.4 is 5.32 Å². The minimum Gasteiger partial charge on any atom is -0.322 e. The van der Waals surface area contributed by atoms with Gasteiger partial charge in [-0.25, -0.2) is 4.79 Å². The van der Waals surface area contributed by atoms with Crippen LogP contribution in [-0.2, 0) is 0 Å². The Morgan fingerprint density at radius 2 is 1.83 bits per heavy atom.